The van der Waals surface area contributed by atoms with Gasteiger partial charge in [-0.05, 0) is 30.2 Å². The van der Waals surface area contributed by atoms with Gasteiger partial charge in [0.25, 0.3) is 5.91 Å². The normalized spacial score (nSPS) is 20.2. The van der Waals surface area contributed by atoms with Crippen LogP contribution in [0.25, 0.3) is 0 Å². The van der Waals surface area contributed by atoms with Crippen LogP contribution in [0.15, 0.2) is 53.6 Å². The summed E-state index contributed by atoms with van der Waals surface area (Å²) in [4.78, 5) is 39.7. The Morgan fingerprint density at radius 1 is 1.20 bits per heavy atom. The van der Waals surface area contributed by atoms with E-state index in [1.165, 1.54) is 28.1 Å². The number of hydrazone groups is 1. The minimum absolute atomic E-state index is 0.0868. The van der Waals surface area contributed by atoms with Crippen LogP contribution in [-0.2, 0) is 16.0 Å². The number of hydrogen-bond donors (Lipinski definition) is 2. The van der Waals surface area contributed by atoms with Gasteiger partial charge in [0.1, 0.15) is 23.8 Å². The highest BCUT2D eigenvalue weighted by Gasteiger charge is 2.53. The van der Waals surface area contributed by atoms with Crippen molar-refractivity contribution < 1.29 is 24.2 Å². The van der Waals surface area contributed by atoms with Crippen LogP contribution >= 0.6 is 23.2 Å². The highest BCUT2D eigenvalue weighted by molar-refractivity contribution is 6.34. The average molecular weight is 519 g/mol. The molecule has 9 nitrogen and oxygen atoms in total. The zero-order valence-electron chi connectivity index (χ0n) is 18.9. The van der Waals surface area contributed by atoms with Crippen molar-refractivity contribution in [2.75, 3.05) is 26.7 Å². The van der Waals surface area contributed by atoms with E-state index < -0.39 is 23.5 Å². The molecule has 3 amide bonds. The summed E-state index contributed by atoms with van der Waals surface area (Å²) in [6, 6.07) is 12.9. The highest BCUT2D eigenvalue weighted by Crippen LogP contribution is 2.38. The van der Waals surface area contributed by atoms with Crippen LogP contribution in [0.4, 0.5) is 4.79 Å². The summed E-state index contributed by atoms with van der Waals surface area (Å²) >= 11 is 12.0. The fraction of sp³-hybridized carbons (Fsp3) is 0.333. The second-order valence-electron chi connectivity index (χ2n) is 8.55. The number of fused-ring (bicyclic) bond motifs is 1. The number of halogens is 2. The molecule has 35 heavy (non-hydrogen) atoms. The molecule has 2 unspecified atom stereocenters. The third kappa shape index (κ3) is 5.36. The lowest BCUT2D eigenvalue weighted by molar-refractivity contribution is -0.141. The molecule has 0 saturated carbocycles. The molecule has 11 heteroatoms. The molecule has 1 saturated heterocycles. The molecule has 2 atom stereocenters. The number of piperidine rings is 1. The summed E-state index contributed by atoms with van der Waals surface area (Å²) in [5, 5.41) is 18.0. The van der Waals surface area contributed by atoms with Gasteiger partial charge in [0.15, 0.2) is 0 Å². The lowest BCUT2D eigenvalue weighted by atomic mass is 9.73. The molecular weight excluding hydrogens is 495 g/mol. The monoisotopic (exact) mass is 518 g/mol. The maximum absolute atomic E-state index is 13.5. The number of nitrogens with zero attached hydrogens (tertiary/aromatic N) is 3. The maximum atomic E-state index is 13.5. The van der Waals surface area contributed by atoms with Crippen molar-refractivity contribution in [2.24, 2.45) is 10.5 Å². The van der Waals surface area contributed by atoms with E-state index in [-0.39, 0.29) is 19.1 Å². The standard InChI is InChI=1S/C24H24Cl2N4O5/c1-29-22(32)24(12-15-5-3-2-4-6-15)14-30(8-7-20(24)28-29)21(31)19(27-23(33)34)13-35-18-10-16(25)9-17(26)11-18/h2-6,9-11,19,27H,7-8,12-14H2,1H3,(H,33,34). The molecular formula is C24H24Cl2N4O5. The molecule has 0 spiro atoms. The average Bonchev–Trinajstić information content (AvgIpc) is 3.05. The smallest absolute Gasteiger partial charge is 0.405 e. The molecule has 2 N–H and O–H groups in total. The second kappa shape index (κ2) is 10.1. The fourth-order valence-corrected chi connectivity index (χ4v) is 5.06. The quantitative estimate of drug-likeness (QED) is 0.583. The highest BCUT2D eigenvalue weighted by atomic mass is 35.5. The van der Waals surface area contributed by atoms with E-state index in [1.807, 2.05) is 30.3 Å². The summed E-state index contributed by atoms with van der Waals surface area (Å²) in [6.45, 7) is 0.110. The molecule has 4 rings (SSSR count). The molecule has 0 aliphatic carbocycles. The van der Waals surface area contributed by atoms with Crippen molar-refractivity contribution in [3.63, 3.8) is 0 Å². The summed E-state index contributed by atoms with van der Waals surface area (Å²) in [6.07, 6.45) is -0.584. The van der Waals surface area contributed by atoms with Crippen molar-refractivity contribution >= 4 is 46.8 Å². The molecule has 1 fully saturated rings. The number of nitrogens with one attached hydrogen (secondary N) is 1. The molecule has 0 bridgehead atoms. The topological polar surface area (TPSA) is 112 Å². The van der Waals surface area contributed by atoms with Gasteiger partial charge in [-0.2, -0.15) is 5.10 Å². The molecule has 2 aromatic carbocycles. The number of likely N-dealkylation sites (tertiary alicyclic amines) is 1. The number of ether oxygens (including phenoxy) is 1. The third-order valence-electron chi connectivity index (χ3n) is 6.11. The lowest BCUT2D eigenvalue weighted by Gasteiger charge is -2.40. The summed E-state index contributed by atoms with van der Waals surface area (Å²) in [7, 11) is 1.60. The predicted octanol–water partition coefficient (Wildman–Crippen LogP) is 3.30. The Labute approximate surface area is 212 Å². The molecule has 2 aliphatic rings. The Hall–Kier alpha value is -3.30. The maximum Gasteiger partial charge on any atom is 0.405 e. The van der Waals surface area contributed by atoms with Crippen LogP contribution in [-0.4, -0.2) is 71.4 Å². The molecule has 184 valence electrons. The number of rotatable bonds is 7. The van der Waals surface area contributed by atoms with E-state index in [4.69, 9.17) is 27.9 Å². The van der Waals surface area contributed by atoms with Crippen LogP contribution in [0.5, 0.6) is 5.75 Å². The molecule has 2 aromatic rings. The predicted molar refractivity (Wildman–Crippen MR) is 131 cm³/mol. The Balaban J connectivity index is 1.55. The molecule has 0 aromatic heterocycles. The van der Waals surface area contributed by atoms with Crippen LogP contribution in [0.2, 0.25) is 10.0 Å². The Morgan fingerprint density at radius 2 is 1.89 bits per heavy atom. The van der Waals surface area contributed by atoms with Gasteiger partial charge >= 0.3 is 6.09 Å². The van der Waals surface area contributed by atoms with Gasteiger partial charge < -0.3 is 20.1 Å². The van der Waals surface area contributed by atoms with Crippen molar-refractivity contribution in [3.8, 4) is 5.75 Å². The second-order valence-corrected chi connectivity index (χ2v) is 9.42. The number of benzene rings is 2. The van der Waals surface area contributed by atoms with Gasteiger partial charge in [-0.25, -0.2) is 9.80 Å². The summed E-state index contributed by atoms with van der Waals surface area (Å²) in [5.41, 5.74) is 0.670. The van der Waals surface area contributed by atoms with Crippen LogP contribution in [0.1, 0.15) is 12.0 Å². The van der Waals surface area contributed by atoms with Gasteiger partial charge in [-0.3, -0.25) is 9.59 Å². The van der Waals surface area contributed by atoms with Gasteiger partial charge in [0.2, 0.25) is 5.91 Å². The molecule has 2 aliphatic heterocycles. The summed E-state index contributed by atoms with van der Waals surface area (Å²) < 4.78 is 5.65. The number of amides is 3. The van der Waals surface area contributed by atoms with E-state index >= 15 is 0 Å². The minimum atomic E-state index is -1.37. The van der Waals surface area contributed by atoms with Gasteiger partial charge in [0.05, 0.1) is 5.71 Å². The van der Waals surface area contributed by atoms with Crippen LogP contribution in [0.3, 0.4) is 0 Å². The van der Waals surface area contributed by atoms with E-state index in [2.05, 4.69) is 10.4 Å². The number of carboxylic acid groups (broad SMARTS) is 1. The van der Waals surface area contributed by atoms with Crippen LogP contribution in [0, 0.1) is 5.41 Å². The first kappa shape index (κ1) is 24.8. The first-order chi connectivity index (χ1) is 16.7. The number of carbonyl (C=O) groups is 3. The Bertz CT molecular complexity index is 1160. The van der Waals surface area contributed by atoms with E-state index in [9.17, 15) is 19.5 Å². The third-order valence-corrected chi connectivity index (χ3v) is 6.55. The van der Waals surface area contributed by atoms with Crippen molar-refractivity contribution in [1.29, 1.82) is 0 Å². The summed E-state index contributed by atoms with van der Waals surface area (Å²) in [5.74, 6) is -0.385. The van der Waals surface area contributed by atoms with Gasteiger partial charge in [-0.15, -0.1) is 0 Å². The largest absolute Gasteiger partial charge is 0.491 e. The Morgan fingerprint density at radius 3 is 2.54 bits per heavy atom. The Kier molecular flexibility index (Phi) is 7.18. The van der Waals surface area contributed by atoms with Gasteiger partial charge in [-0.1, -0.05) is 53.5 Å². The van der Waals surface area contributed by atoms with Crippen molar-refractivity contribution in [1.82, 2.24) is 15.2 Å². The van der Waals surface area contributed by atoms with Crippen LogP contribution < -0.4 is 10.1 Å². The van der Waals surface area contributed by atoms with E-state index in [1.54, 1.807) is 7.05 Å². The van der Waals surface area contributed by atoms with Crippen molar-refractivity contribution in [3.05, 3.63) is 64.1 Å². The fourth-order valence-electron chi connectivity index (χ4n) is 4.55. The molecule has 0 radical (unpaired) electrons. The first-order valence-corrected chi connectivity index (χ1v) is 11.7. The molecule has 2 heterocycles. The van der Waals surface area contributed by atoms with E-state index in [0.717, 1.165) is 11.3 Å². The first-order valence-electron chi connectivity index (χ1n) is 10.9. The minimum Gasteiger partial charge on any atom is -0.491 e. The zero-order valence-corrected chi connectivity index (χ0v) is 20.4. The van der Waals surface area contributed by atoms with Gasteiger partial charge in [0, 0.05) is 36.6 Å². The zero-order chi connectivity index (χ0) is 25.2. The van der Waals surface area contributed by atoms with E-state index in [0.29, 0.717) is 35.2 Å². The lowest BCUT2D eigenvalue weighted by Crippen LogP contribution is -2.59. The van der Waals surface area contributed by atoms with Crippen molar-refractivity contribution in [2.45, 2.75) is 18.9 Å². The number of carbonyl (C=O) groups excluding carboxylic acids is 2. The SMILES string of the molecule is CN1N=C2CCN(C(=O)C(COc3cc(Cl)cc(Cl)c3)NC(=O)O)CC2(Cc2ccccc2)C1=O. The number of hydrogen-bond acceptors (Lipinski definition) is 5.